The minimum atomic E-state index is -4.52. The van der Waals surface area contributed by atoms with E-state index >= 15 is 0 Å². The average molecular weight is 744 g/mol. The Morgan fingerprint density at radius 2 is 1.19 bits per heavy atom. The number of esters is 1. The number of aliphatic hydroxyl groups excluding tert-OH is 1. The first kappa shape index (κ1) is 43.5. The number of carbonyl (C=O) groups is 1. The lowest BCUT2D eigenvalue weighted by Gasteiger charge is -2.37. The molecule has 0 aliphatic heterocycles. The van der Waals surface area contributed by atoms with Gasteiger partial charge in [0.2, 0.25) is 0 Å². The summed E-state index contributed by atoms with van der Waals surface area (Å²) in [6.07, 6.45) is 25.3. The topological polar surface area (TPSA) is 114 Å². The largest absolute Gasteiger partial charge is 0.472 e. The lowest BCUT2D eigenvalue weighted by Crippen LogP contribution is -2.46. The van der Waals surface area contributed by atoms with Gasteiger partial charge in [-0.05, 0) is 61.6 Å². The van der Waals surface area contributed by atoms with E-state index in [4.69, 9.17) is 13.8 Å². The summed E-state index contributed by atoms with van der Waals surface area (Å²) in [5, 5.41) is 13.3. The highest BCUT2D eigenvalue weighted by Gasteiger charge is 2.36. The van der Waals surface area contributed by atoms with Gasteiger partial charge in [0.15, 0.2) is 0 Å². The molecule has 0 aliphatic rings. The number of phosphoric ester groups is 1. The van der Waals surface area contributed by atoms with E-state index in [0.29, 0.717) is 12.8 Å². The Bertz CT molecular complexity index is 1480. The van der Waals surface area contributed by atoms with Crippen LogP contribution in [0.5, 0.6) is 0 Å². The van der Waals surface area contributed by atoms with Gasteiger partial charge in [-0.1, -0.05) is 159 Å². The number of nitrogens with one attached hydrogen (secondary N) is 1. The maximum atomic E-state index is 12.7. The van der Waals surface area contributed by atoms with Crippen LogP contribution >= 0.6 is 7.82 Å². The summed E-state index contributed by atoms with van der Waals surface area (Å²) in [6.45, 7) is 1.23. The van der Waals surface area contributed by atoms with Crippen LogP contribution in [0.4, 0.5) is 0 Å². The number of ether oxygens (including phenoxy) is 1. The number of hydrogen-bond donors (Lipinski definition) is 3. The van der Waals surface area contributed by atoms with Crippen molar-refractivity contribution < 1.29 is 33.1 Å². The number of rotatable bonds is 27. The zero-order valence-corrected chi connectivity index (χ0v) is 32.0. The van der Waals surface area contributed by atoms with Gasteiger partial charge in [-0.3, -0.25) is 19.2 Å². The van der Waals surface area contributed by atoms with Crippen LogP contribution in [0.15, 0.2) is 140 Å². The molecule has 0 aromatic heterocycles. The van der Waals surface area contributed by atoms with Crippen LogP contribution in [-0.4, -0.2) is 48.4 Å². The second kappa shape index (κ2) is 26.0. The highest BCUT2D eigenvalue weighted by Crippen LogP contribution is 2.43. The van der Waals surface area contributed by atoms with Gasteiger partial charge >= 0.3 is 13.8 Å². The molecule has 3 rings (SSSR count). The van der Waals surface area contributed by atoms with Crippen molar-refractivity contribution in [1.29, 1.82) is 0 Å². The highest BCUT2D eigenvalue weighted by atomic mass is 31.2. The van der Waals surface area contributed by atoms with Gasteiger partial charge in [-0.25, -0.2) is 4.57 Å². The van der Waals surface area contributed by atoms with Crippen LogP contribution in [0.1, 0.15) is 87.8 Å². The fraction of sp³-hybridized carbons (Fsp3) is 0.386. The monoisotopic (exact) mass is 743 g/mol. The third kappa shape index (κ3) is 16.8. The molecule has 53 heavy (non-hydrogen) atoms. The molecule has 0 saturated heterocycles. The van der Waals surface area contributed by atoms with E-state index in [-0.39, 0.29) is 19.6 Å². The van der Waals surface area contributed by atoms with Gasteiger partial charge in [0.05, 0.1) is 25.4 Å². The molecule has 0 radical (unpaired) electrons. The van der Waals surface area contributed by atoms with Gasteiger partial charge in [0, 0.05) is 13.0 Å². The number of phosphoric acid groups is 1. The summed E-state index contributed by atoms with van der Waals surface area (Å²) in [4.78, 5) is 22.7. The molecule has 0 fully saturated rings. The van der Waals surface area contributed by atoms with E-state index < -0.39 is 38.6 Å². The van der Waals surface area contributed by atoms with Crippen molar-refractivity contribution >= 4 is 13.8 Å². The van der Waals surface area contributed by atoms with Crippen molar-refractivity contribution in [1.82, 2.24) is 5.32 Å². The van der Waals surface area contributed by atoms with E-state index in [2.05, 4.69) is 54.8 Å². The lowest BCUT2D eigenvalue weighted by molar-refractivity contribution is -0.153. The lowest BCUT2D eigenvalue weighted by atomic mass is 9.77. The predicted molar refractivity (Wildman–Crippen MR) is 214 cm³/mol. The number of benzene rings is 3. The molecule has 0 aliphatic carbocycles. The summed E-state index contributed by atoms with van der Waals surface area (Å²) in [5.41, 5.74) is 2.21. The van der Waals surface area contributed by atoms with E-state index in [0.717, 1.165) is 36.0 Å². The quantitative estimate of drug-likeness (QED) is 0.0233. The second-order valence-corrected chi connectivity index (χ2v) is 14.1. The molecule has 2 atom stereocenters. The summed E-state index contributed by atoms with van der Waals surface area (Å²) in [6, 6.07) is 29.9. The Kier molecular flexibility index (Phi) is 21.3. The van der Waals surface area contributed by atoms with Gasteiger partial charge in [0.25, 0.3) is 0 Å². The van der Waals surface area contributed by atoms with Crippen LogP contribution < -0.4 is 5.32 Å². The van der Waals surface area contributed by atoms with Crippen molar-refractivity contribution in [3.8, 4) is 0 Å². The molecule has 0 amide bonds. The summed E-state index contributed by atoms with van der Waals surface area (Å²) in [5.74, 6) is -0.513. The van der Waals surface area contributed by atoms with Crippen LogP contribution in [0.3, 0.4) is 0 Å². The van der Waals surface area contributed by atoms with Gasteiger partial charge < -0.3 is 14.7 Å². The van der Waals surface area contributed by atoms with Crippen molar-refractivity contribution in [2.75, 3.05) is 26.4 Å². The third-order valence-corrected chi connectivity index (χ3v) is 9.49. The molecular formula is C44H58NO7P. The minimum Gasteiger partial charge on any atom is -0.457 e. The van der Waals surface area contributed by atoms with Crippen molar-refractivity contribution in [3.05, 3.63) is 156 Å². The first-order valence-electron chi connectivity index (χ1n) is 18.8. The van der Waals surface area contributed by atoms with E-state index in [1.165, 1.54) is 25.7 Å². The molecule has 0 bridgehead atoms. The number of aliphatic hydroxyl groups is 1. The minimum absolute atomic E-state index is 0.150. The second-order valence-electron chi connectivity index (χ2n) is 12.6. The van der Waals surface area contributed by atoms with E-state index in [1.807, 2.05) is 97.1 Å². The Hall–Kier alpha value is -3.88. The number of allylic oxidation sites excluding steroid dienone is 8. The molecule has 0 heterocycles. The third-order valence-electron chi connectivity index (χ3n) is 8.50. The Morgan fingerprint density at radius 1 is 0.717 bits per heavy atom. The Balaban J connectivity index is 1.37. The normalized spacial score (nSPS) is 14.0. The van der Waals surface area contributed by atoms with Crippen molar-refractivity contribution in [2.45, 2.75) is 82.8 Å². The maximum absolute atomic E-state index is 12.7. The zero-order chi connectivity index (χ0) is 37.9. The number of hydrogen-bond acceptors (Lipinski definition) is 7. The first-order chi connectivity index (χ1) is 25.9. The fourth-order valence-electron chi connectivity index (χ4n) is 5.78. The highest BCUT2D eigenvalue weighted by molar-refractivity contribution is 7.47. The summed E-state index contributed by atoms with van der Waals surface area (Å²) < 4.78 is 28.4. The van der Waals surface area contributed by atoms with Crippen molar-refractivity contribution in [3.63, 3.8) is 0 Å². The van der Waals surface area contributed by atoms with Crippen LogP contribution in [0.2, 0.25) is 0 Å². The predicted octanol–water partition coefficient (Wildman–Crippen LogP) is 9.75. The molecule has 3 aromatic carbocycles. The number of unbranched alkanes of at least 4 members (excludes halogenated alkanes) is 4. The SMILES string of the molecule is CCCCC/C=C\C/C=C\C/C=C\C/C=C\CCCC(=O)O[C@@H](CO)COP(=O)(O)OCCNC(c1ccccc1)(c1ccccc1)c1ccccc1. The van der Waals surface area contributed by atoms with Crippen molar-refractivity contribution in [2.24, 2.45) is 0 Å². The molecule has 0 saturated carbocycles. The van der Waals surface area contributed by atoms with Crippen LogP contribution in [0, 0.1) is 0 Å². The maximum Gasteiger partial charge on any atom is 0.472 e. The smallest absolute Gasteiger partial charge is 0.457 e. The molecule has 3 aromatic rings. The fourth-order valence-corrected chi connectivity index (χ4v) is 6.53. The molecule has 3 N–H and O–H groups in total. The molecule has 0 spiro atoms. The molecule has 9 heteroatoms. The molecule has 8 nitrogen and oxygen atoms in total. The van der Waals surface area contributed by atoms with Crippen LogP contribution in [-0.2, 0) is 28.7 Å². The molecular weight excluding hydrogens is 685 g/mol. The first-order valence-corrected chi connectivity index (χ1v) is 20.3. The number of carbonyl (C=O) groups excluding carboxylic acids is 1. The van der Waals surface area contributed by atoms with Gasteiger partial charge in [-0.2, -0.15) is 0 Å². The van der Waals surface area contributed by atoms with Gasteiger partial charge in [-0.15, -0.1) is 0 Å². The molecule has 286 valence electrons. The van der Waals surface area contributed by atoms with Crippen LogP contribution in [0.25, 0.3) is 0 Å². The molecule has 1 unspecified atom stereocenters. The Morgan fingerprint density at radius 3 is 1.66 bits per heavy atom. The Labute approximate surface area is 316 Å². The standard InChI is InChI=1S/C44H58NO7P/c1-2-3-4-5-6-7-8-9-10-11-12-13-14-15-16-17-27-34-43(47)52-42(37-46)38-51-53(48,49)50-36-35-45-44(39-28-21-18-22-29-39,40-30-23-19-24-31-40)41-32-25-20-26-33-41/h6-7,9-10,12-13,15-16,18-26,28-33,42,45-46H,2-5,8,11,14,17,27,34-38H2,1H3,(H,48,49)/b7-6-,10-9-,13-12-,16-15-/t42-/m0/s1. The van der Waals surface area contributed by atoms with E-state index in [9.17, 15) is 19.4 Å². The van der Waals surface area contributed by atoms with Gasteiger partial charge in [0.1, 0.15) is 6.10 Å². The summed E-state index contributed by atoms with van der Waals surface area (Å²) in [7, 11) is -4.52. The zero-order valence-electron chi connectivity index (χ0n) is 31.1. The van der Waals surface area contributed by atoms with E-state index in [1.54, 1.807) is 0 Å². The summed E-state index contributed by atoms with van der Waals surface area (Å²) >= 11 is 0. The average Bonchev–Trinajstić information content (AvgIpc) is 3.19.